The molecule has 0 radical (unpaired) electrons. The highest BCUT2D eigenvalue weighted by molar-refractivity contribution is 6.42. The lowest BCUT2D eigenvalue weighted by Crippen LogP contribution is -2.22. The number of aryl methyl sites for hydroxylation is 1. The zero-order chi connectivity index (χ0) is 15.7. The first-order valence-corrected chi connectivity index (χ1v) is 7.97. The van der Waals surface area contributed by atoms with Crippen molar-refractivity contribution in [1.82, 2.24) is 0 Å². The van der Waals surface area contributed by atoms with Crippen LogP contribution in [-0.4, -0.2) is 12.9 Å². The molecule has 114 valence electrons. The van der Waals surface area contributed by atoms with Crippen LogP contribution in [0.25, 0.3) is 0 Å². The van der Waals surface area contributed by atoms with Crippen LogP contribution in [0.1, 0.15) is 29.0 Å². The Morgan fingerprint density at radius 1 is 1.09 bits per heavy atom. The molecule has 2 aromatic carbocycles. The number of fused-ring (bicyclic) bond motifs is 1. The maximum Gasteiger partial charge on any atom is 0.141 e. The van der Waals surface area contributed by atoms with Gasteiger partial charge < -0.3 is 4.74 Å². The molecule has 0 aliphatic heterocycles. The van der Waals surface area contributed by atoms with Crippen molar-refractivity contribution in [1.29, 1.82) is 0 Å². The molecule has 0 bridgehead atoms. The summed E-state index contributed by atoms with van der Waals surface area (Å²) in [5, 5.41) is 1.05. The number of rotatable bonds is 3. The Balaban J connectivity index is 1.96. The van der Waals surface area contributed by atoms with Gasteiger partial charge in [-0.3, -0.25) is 4.79 Å². The molecule has 2 aromatic rings. The van der Waals surface area contributed by atoms with Gasteiger partial charge in [0.2, 0.25) is 0 Å². The van der Waals surface area contributed by atoms with E-state index in [-0.39, 0.29) is 11.7 Å². The standard InChI is InChI=1S/C18H16Cl2O2/c1-22-13-5-3-12-4-7-18(21)15(14(12)10-13)8-11-2-6-16(19)17(20)9-11/h2-3,5-6,9-10,15H,4,7-8H2,1H3. The Morgan fingerprint density at radius 2 is 1.91 bits per heavy atom. The largest absolute Gasteiger partial charge is 0.497 e. The van der Waals surface area contributed by atoms with Crippen LogP contribution in [0.4, 0.5) is 0 Å². The van der Waals surface area contributed by atoms with Crippen molar-refractivity contribution >= 4 is 29.0 Å². The van der Waals surface area contributed by atoms with Crippen molar-refractivity contribution in [3.8, 4) is 5.75 Å². The van der Waals surface area contributed by atoms with Crippen LogP contribution in [0.2, 0.25) is 10.0 Å². The Labute approximate surface area is 140 Å². The summed E-state index contributed by atoms with van der Waals surface area (Å²) in [7, 11) is 1.64. The van der Waals surface area contributed by atoms with Crippen LogP contribution in [-0.2, 0) is 17.6 Å². The quantitative estimate of drug-likeness (QED) is 0.802. The van der Waals surface area contributed by atoms with Crippen molar-refractivity contribution in [3.05, 3.63) is 63.1 Å². The van der Waals surface area contributed by atoms with Gasteiger partial charge in [0.1, 0.15) is 11.5 Å². The molecule has 0 heterocycles. The molecule has 0 spiro atoms. The van der Waals surface area contributed by atoms with E-state index in [2.05, 4.69) is 6.07 Å². The number of carbonyl (C=O) groups excluding carboxylic acids is 1. The Kier molecular flexibility index (Phi) is 4.42. The molecule has 1 unspecified atom stereocenters. The maximum absolute atomic E-state index is 12.4. The molecular formula is C18H16Cl2O2. The second-order valence-corrected chi connectivity index (χ2v) is 6.35. The van der Waals surface area contributed by atoms with Crippen molar-refractivity contribution in [3.63, 3.8) is 0 Å². The van der Waals surface area contributed by atoms with Gasteiger partial charge >= 0.3 is 0 Å². The Morgan fingerprint density at radius 3 is 2.64 bits per heavy atom. The van der Waals surface area contributed by atoms with Crippen LogP contribution in [0.15, 0.2) is 36.4 Å². The molecule has 1 aliphatic rings. The van der Waals surface area contributed by atoms with Gasteiger partial charge in [-0.15, -0.1) is 0 Å². The highest BCUT2D eigenvalue weighted by atomic mass is 35.5. The minimum absolute atomic E-state index is 0.143. The zero-order valence-electron chi connectivity index (χ0n) is 12.2. The summed E-state index contributed by atoms with van der Waals surface area (Å²) < 4.78 is 5.30. The van der Waals surface area contributed by atoms with Crippen molar-refractivity contribution < 1.29 is 9.53 Å². The van der Waals surface area contributed by atoms with Crippen molar-refractivity contribution in [2.24, 2.45) is 0 Å². The van der Waals surface area contributed by atoms with Crippen molar-refractivity contribution in [2.45, 2.75) is 25.2 Å². The molecule has 0 amide bonds. The average molecular weight is 335 g/mol. The topological polar surface area (TPSA) is 26.3 Å². The molecule has 1 atom stereocenters. The van der Waals surface area contributed by atoms with Crippen LogP contribution in [0.3, 0.4) is 0 Å². The Bertz CT molecular complexity index is 725. The normalized spacial score (nSPS) is 17.2. The molecule has 22 heavy (non-hydrogen) atoms. The molecule has 1 aliphatic carbocycles. The van der Waals surface area contributed by atoms with Gasteiger partial charge in [-0.1, -0.05) is 35.3 Å². The summed E-state index contributed by atoms with van der Waals surface area (Å²) in [5.41, 5.74) is 3.32. The van der Waals surface area contributed by atoms with E-state index in [0.29, 0.717) is 22.9 Å². The van der Waals surface area contributed by atoms with Gasteiger partial charge in [0, 0.05) is 12.3 Å². The lowest BCUT2D eigenvalue weighted by Gasteiger charge is -2.25. The molecule has 0 saturated carbocycles. The van der Waals surface area contributed by atoms with Crippen LogP contribution in [0.5, 0.6) is 5.75 Å². The molecule has 4 heteroatoms. The first-order chi connectivity index (χ1) is 10.6. The molecule has 3 rings (SSSR count). The van der Waals surface area contributed by atoms with Crippen LogP contribution in [0, 0.1) is 0 Å². The first kappa shape index (κ1) is 15.4. The number of Topliss-reactive ketones (excluding diaryl/α,β-unsaturated/α-hetero) is 1. The smallest absolute Gasteiger partial charge is 0.141 e. The fraction of sp³-hybridized carbons (Fsp3) is 0.278. The van der Waals surface area contributed by atoms with E-state index < -0.39 is 0 Å². The molecule has 0 aromatic heterocycles. The first-order valence-electron chi connectivity index (χ1n) is 7.22. The monoisotopic (exact) mass is 334 g/mol. The van der Waals surface area contributed by atoms with E-state index in [1.54, 1.807) is 13.2 Å². The number of carbonyl (C=O) groups is 1. The molecular weight excluding hydrogens is 319 g/mol. The van der Waals surface area contributed by atoms with Gasteiger partial charge in [0.15, 0.2) is 0 Å². The summed E-state index contributed by atoms with van der Waals surface area (Å²) in [6.45, 7) is 0. The minimum atomic E-state index is -0.143. The van der Waals surface area contributed by atoms with Gasteiger partial charge in [0.25, 0.3) is 0 Å². The zero-order valence-corrected chi connectivity index (χ0v) is 13.7. The lowest BCUT2D eigenvalue weighted by atomic mass is 9.78. The number of hydrogen-bond donors (Lipinski definition) is 0. The van der Waals surface area contributed by atoms with Crippen LogP contribution >= 0.6 is 23.2 Å². The fourth-order valence-corrected chi connectivity index (χ4v) is 3.30. The summed E-state index contributed by atoms with van der Waals surface area (Å²) in [5.74, 6) is 0.913. The van der Waals surface area contributed by atoms with Crippen LogP contribution < -0.4 is 4.74 Å². The van der Waals surface area contributed by atoms with E-state index in [0.717, 1.165) is 23.3 Å². The lowest BCUT2D eigenvalue weighted by molar-refractivity contribution is -0.120. The summed E-state index contributed by atoms with van der Waals surface area (Å²) >= 11 is 12.0. The molecule has 0 N–H and O–H groups in total. The SMILES string of the molecule is COc1ccc2c(c1)C(Cc1ccc(Cl)c(Cl)c1)C(=O)CC2. The third-order valence-electron chi connectivity index (χ3n) is 4.18. The summed E-state index contributed by atoms with van der Waals surface area (Å²) in [6.07, 6.45) is 2.03. The number of hydrogen-bond acceptors (Lipinski definition) is 2. The third kappa shape index (κ3) is 2.99. The molecule has 0 saturated heterocycles. The van der Waals surface area contributed by atoms with Gasteiger partial charge in [-0.05, 0) is 53.8 Å². The number of methoxy groups -OCH3 is 1. The van der Waals surface area contributed by atoms with Gasteiger partial charge in [0.05, 0.1) is 17.2 Å². The summed E-state index contributed by atoms with van der Waals surface area (Å²) in [4.78, 5) is 12.4. The summed E-state index contributed by atoms with van der Waals surface area (Å²) in [6, 6.07) is 11.5. The van der Waals surface area contributed by atoms with Gasteiger partial charge in [-0.25, -0.2) is 0 Å². The average Bonchev–Trinajstić information content (AvgIpc) is 2.53. The Hall–Kier alpha value is -1.51. The highest BCUT2D eigenvalue weighted by Gasteiger charge is 2.28. The predicted molar refractivity (Wildman–Crippen MR) is 89.2 cm³/mol. The minimum Gasteiger partial charge on any atom is -0.497 e. The third-order valence-corrected chi connectivity index (χ3v) is 4.92. The molecule has 2 nitrogen and oxygen atoms in total. The van der Waals surface area contributed by atoms with E-state index in [4.69, 9.17) is 27.9 Å². The van der Waals surface area contributed by atoms with E-state index in [1.807, 2.05) is 24.3 Å². The number of ketones is 1. The van der Waals surface area contributed by atoms with Gasteiger partial charge in [-0.2, -0.15) is 0 Å². The second-order valence-electron chi connectivity index (χ2n) is 5.54. The maximum atomic E-state index is 12.4. The van der Waals surface area contributed by atoms with E-state index >= 15 is 0 Å². The predicted octanol–water partition coefficient (Wildman–Crippen LogP) is 4.84. The number of benzene rings is 2. The number of ether oxygens (including phenoxy) is 1. The van der Waals surface area contributed by atoms with Crippen molar-refractivity contribution in [2.75, 3.05) is 7.11 Å². The van der Waals surface area contributed by atoms with E-state index in [1.165, 1.54) is 5.56 Å². The second kappa shape index (κ2) is 6.31. The van der Waals surface area contributed by atoms with E-state index in [9.17, 15) is 4.79 Å². The fourth-order valence-electron chi connectivity index (χ4n) is 2.98. The molecule has 0 fully saturated rings. The highest BCUT2D eigenvalue weighted by Crippen LogP contribution is 2.35. The number of halogens is 2.